The maximum absolute atomic E-state index is 12.9. The summed E-state index contributed by atoms with van der Waals surface area (Å²) < 4.78 is 0. The van der Waals surface area contributed by atoms with E-state index in [1.54, 1.807) is 12.1 Å². The predicted octanol–water partition coefficient (Wildman–Crippen LogP) is 5.21. The summed E-state index contributed by atoms with van der Waals surface area (Å²) in [7, 11) is 2.13. The topological polar surface area (TPSA) is 86.3 Å². The lowest BCUT2D eigenvalue weighted by atomic mass is 9.99. The first-order chi connectivity index (χ1) is 18.4. The smallest absolute Gasteiger partial charge is 0.255 e. The zero-order valence-electron chi connectivity index (χ0n) is 22.3. The van der Waals surface area contributed by atoms with Crippen LogP contribution in [0.5, 0.6) is 0 Å². The standard InChI is InChI=1S/C30H33N7O/c1-20-17-21(2)26(22(3)18-20)27-33-29(35-30(34-27)37-15-13-36(4)14-16-37)32-25-12-8-9-23(19-25)28(38)31-24-10-6-5-7-11-24/h5-12,17-19H,13-16H2,1-4H3,(H,31,38)(H,32,33,34,35). The highest BCUT2D eigenvalue weighted by molar-refractivity contribution is 6.04. The Kier molecular flexibility index (Phi) is 7.33. The fraction of sp³-hybridized carbons (Fsp3) is 0.267. The third kappa shape index (κ3) is 5.81. The molecule has 0 atom stereocenters. The lowest BCUT2D eigenvalue weighted by Gasteiger charge is -2.32. The molecule has 38 heavy (non-hydrogen) atoms. The number of carbonyl (C=O) groups excluding carboxylic acids is 1. The number of nitrogens with one attached hydrogen (secondary N) is 2. The number of hydrogen-bond donors (Lipinski definition) is 2. The minimum Gasteiger partial charge on any atom is -0.338 e. The zero-order chi connectivity index (χ0) is 26.6. The summed E-state index contributed by atoms with van der Waals surface area (Å²) in [6.07, 6.45) is 0. The largest absolute Gasteiger partial charge is 0.338 e. The number of likely N-dealkylation sites (N-methyl/N-ethyl adjacent to an activating group) is 1. The van der Waals surface area contributed by atoms with Crippen LogP contribution < -0.4 is 15.5 Å². The molecule has 1 aliphatic rings. The molecular formula is C30H33N7O. The predicted molar refractivity (Wildman–Crippen MR) is 153 cm³/mol. The molecule has 0 bridgehead atoms. The second-order valence-corrected chi connectivity index (χ2v) is 9.87. The van der Waals surface area contributed by atoms with Gasteiger partial charge in [-0.25, -0.2) is 0 Å². The highest BCUT2D eigenvalue weighted by Crippen LogP contribution is 2.29. The summed E-state index contributed by atoms with van der Waals surface area (Å²) in [6, 6.07) is 21.1. The van der Waals surface area contributed by atoms with E-state index < -0.39 is 0 Å². The number of para-hydroxylation sites is 1. The molecule has 1 saturated heterocycles. The first-order valence-electron chi connectivity index (χ1n) is 12.9. The Hall–Kier alpha value is -4.30. The van der Waals surface area contributed by atoms with E-state index in [2.05, 4.69) is 60.4 Å². The average Bonchev–Trinajstić information content (AvgIpc) is 2.89. The van der Waals surface area contributed by atoms with E-state index in [4.69, 9.17) is 15.0 Å². The van der Waals surface area contributed by atoms with Crippen molar-refractivity contribution < 1.29 is 4.79 Å². The molecule has 0 aliphatic carbocycles. The molecule has 1 fully saturated rings. The van der Waals surface area contributed by atoms with Gasteiger partial charge in [0.1, 0.15) is 0 Å². The average molecular weight is 508 g/mol. The van der Waals surface area contributed by atoms with Gasteiger partial charge in [-0.1, -0.05) is 42.0 Å². The van der Waals surface area contributed by atoms with Crippen molar-refractivity contribution in [2.24, 2.45) is 0 Å². The van der Waals surface area contributed by atoms with Gasteiger partial charge in [-0.05, 0) is 69.3 Å². The van der Waals surface area contributed by atoms with Crippen molar-refractivity contribution >= 4 is 29.2 Å². The van der Waals surface area contributed by atoms with E-state index in [0.717, 1.165) is 54.2 Å². The zero-order valence-corrected chi connectivity index (χ0v) is 22.3. The molecule has 0 spiro atoms. The number of amides is 1. The van der Waals surface area contributed by atoms with Crippen LogP contribution in [0.15, 0.2) is 66.7 Å². The van der Waals surface area contributed by atoms with Gasteiger partial charge in [-0.2, -0.15) is 15.0 Å². The second kappa shape index (κ2) is 11.0. The summed E-state index contributed by atoms with van der Waals surface area (Å²) in [5.41, 5.74) is 6.50. The summed E-state index contributed by atoms with van der Waals surface area (Å²) >= 11 is 0. The van der Waals surface area contributed by atoms with E-state index in [9.17, 15) is 4.79 Å². The lowest BCUT2D eigenvalue weighted by Crippen LogP contribution is -2.45. The third-order valence-corrected chi connectivity index (χ3v) is 6.72. The minimum absolute atomic E-state index is 0.180. The van der Waals surface area contributed by atoms with Crippen molar-refractivity contribution in [3.8, 4) is 11.4 Å². The van der Waals surface area contributed by atoms with E-state index in [-0.39, 0.29) is 5.91 Å². The minimum atomic E-state index is -0.180. The van der Waals surface area contributed by atoms with E-state index in [1.807, 2.05) is 42.5 Å². The van der Waals surface area contributed by atoms with E-state index in [1.165, 1.54) is 5.56 Å². The van der Waals surface area contributed by atoms with Gasteiger partial charge >= 0.3 is 0 Å². The quantitative estimate of drug-likeness (QED) is 0.370. The Morgan fingerprint density at radius 1 is 0.789 bits per heavy atom. The molecule has 8 heteroatoms. The van der Waals surface area contributed by atoms with Crippen LogP contribution in [-0.2, 0) is 0 Å². The van der Waals surface area contributed by atoms with Crippen LogP contribution in [-0.4, -0.2) is 59.0 Å². The van der Waals surface area contributed by atoms with Crippen molar-refractivity contribution in [3.63, 3.8) is 0 Å². The van der Waals surface area contributed by atoms with Gasteiger partial charge in [0.2, 0.25) is 11.9 Å². The Bertz CT molecular complexity index is 1420. The highest BCUT2D eigenvalue weighted by Gasteiger charge is 2.21. The maximum atomic E-state index is 12.9. The van der Waals surface area contributed by atoms with E-state index in [0.29, 0.717) is 23.3 Å². The Balaban J connectivity index is 1.47. The van der Waals surface area contributed by atoms with Crippen LogP contribution in [0.3, 0.4) is 0 Å². The molecule has 194 valence electrons. The molecule has 8 nitrogen and oxygen atoms in total. The normalized spacial score (nSPS) is 13.8. The Morgan fingerprint density at radius 3 is 2.18 bits per heavy atom. The van der Waals surface area contributed by atoms with Crippen LogP contribution in [0.25, 0.3) is 11.4 Å². The van der Waals surface area contributed by atoms with E-state index >= 15 is 0 Å². The maximum Gasteiger partial charge on any atom is 0.255 e. The van der Waals surface area contributed by atoms with Crippen LogP contribution in [0.2, 0.25) is 0 Å². The monoisotopic (exact) mass is 507 g/mol. The third-order valence-electron chi connectivity index (χ3n) is 6.72. The summed E-state index contributed by atoms with van der Waals surface area (Å²) in [5.74, 6) is 1.57. The fourth-order valence-electron chi connectivity index (χ4n) is 4.81. The van der Waals surface area contributed by atoms with Gasteiger partial charge in [0.25, 0.3) is 5.91 Å². The van der Waals surface area contributed by atoms with Crippen LogP contribution in [0, 0.1) is 20.8 Å². The van der Waals surface area contributed by atoms with Gasteiger partial charge < -0.3 is 20.4 Å². The number of hydrogen-bond acceptors (Lipinski definition) is 7. The van der Waals surface area contributed by atoms with Crippen LogP contribution in [0.4, 0.5) is 23.3 Å². The Labute approximate surface area is 223 Å². The molecule has 2 heterocycles. The van der Waals surface area contributed by atoms with Crippen molar-refractivity contribution in [2.75, 3.05) is 48.8 Å². The molecule has 3 aromatic carbocycles. The fourth-order valence-corrected chi connectivity index (χ4v) is 4.81. The molecule has 1 amide bonds. The Morgan fingerprint density at radius 2 is 1.47 bits per heavy atom. The number of piperazine rings is 1. The molecule has 1 aromatic heterocycles. The van der Waals surface area contributed by atoms with Crippen LogP contribution in [0.1, 0.15) is 27.0 Å². The molecule has 0 unspecified atom stereocenters. The molecular weight excluding hydrogens is 474 g/mol. The number of aryl methyl sites for hydroxylation is 3. The number of anilines is 4. The number of rotatable bonds is 6. The first-order valence-corrected chi connectivity index (χ1v) is 12.9. The summed E-state index contributed by atoms with van der Waals surface area (Å²) in [5, 5.41) is 6.27. The SMILES string of the molecule is Cc1cc(C)c(-c2nc(Nc3cccc(C(=O)Nc4ccccc4)c3)nc(N3CCN(C)CC3)n2)c(C)c1. The number of carbonyl (C=O) groups is 1. The number of benzene rings is 3. The van der Waals surface area contributed by atoms with Gasteiger partial charge in [0, 0.05) is 48.7 Å². The molecule has 2 N–H and O–H groups in total. The lowest BCUT2D eigenvalue weighted by molar-refractivity contribution is 0.102. The van der Waals surface area contributed by atoms with Gasteiger partial charge in [0.05, 0.1) is 0 Å². The number of nitrogens with zero attached hydrogens (tertiary/aromatic N) is 5. The van der Waals surface area contributed by atoms with Gasteiger partial charge in [-0.15, -0.1) is 0 Å². The van der Waals surface area contributed by atoms with Crippen molar-refractivity contribution in [1.82, 2.24) is 19.9 Å². The van der Waals surface area contributed by atoms with Gasteiger partial charge in [-0.3, -0.25) is 4.79 Å². The van der Waals surface area contributed by atoms with Crippen LogP contribution >= 0.6 is 0 Å². The van der Waals surface area contributed by atoms with Gasteiger partial charge in [0.15, 0.2) is 5.82 Å². The van der Waals surface area contributed by atoms with Crippen molar-refractivity contribution in [2.45, 2.75) is 20.8 Å². The van der Waals surface area contributed by atoms with Crippen molar-refractivity contribution in [1.29, 1.82) is 0 Å². The second-order valence-electron chi connectivity index (χ2n) is 9.87. The number of aromatic nitrogens is 3. The summed E-state index contributed by atoms with van der Waals surface area (Å²) in [4.78, 5) is 31.9. The molecule has 5 rings (SSSR count). The summed E-state index contributed by atoms with van der Waals surface area (Å²) in [6.45, 7) is 9.88. The molecule has 0 radical (unpaired) electrons. The molecule has 1 aliphatic heterocycles. The first kappa shape index (κ1) is 25.4. The highest BCUT2D eigenvalue weighted by atomic mass is 16.1. The molecule has 0 saturated carbocycles. The van der Waals surface area contributed by atoms with Crippen molar-refractivity contribution in [3.05, 3.63) is 89.0 Å². The molecule has 4 aromatic rings.